The maximum Gasteiger partial charge on any atom is 0.316 e. The zero-order valence-electron chi connectivity index (χ0n) is 16.9. The maximum absolute atomic E-state index is 13.4. The van der Waals surface area contributed by atoms with E-state index in [1.807, 2.05) is 31.2 Å². The summed E-state index contributed by atoms with van der Waals surface area (Å²) in [5, 5.41) is 0. The van der Waals surface area contributed by atoms with Crippen molar-refractivity contribution in [3.8, 4) is 6.01 Å². The first kappa shape index (κ1) is 21.1. The molecule has 2 aromatic rings. The summed E-state index contributed by atoms with van der Waals surface area (Å²) >= 11 is 0. The van der Waals surface area contributed by atoms with E-state index in [2.05, 4.69) is 15.0 Å². The highest BCUT2D eigenvalue weighted by molar-refractivity contribution is 6.39. The Morgan fingerprint density at radius 3 is 2.57 bits per heavy atom. The third-order valence-corrected chi connectivity index (χ3v) is 4.78. The number of nitrogens with zero attached hydrogens (tertiary/aromatic N) is 3. The van der Waals surface area contributed by atoms with Gasteiger partial charge in [-0.15, -0.1) is 0 Å². The first-order valence-electron chi connectivity index (χ1n) is 9.53. The molecule has 1 amide bonds. The fraction of sp³-hybridized carbons (Fsp3) is 0.217. The van der Waals surface area contributed by atoms with E-state index in [9.17, 15) is 9.18 Å². The van der Waals surface area contributed by atoms with Crippen molar-refractivity contribution in [3.05, 3.63) is 89.2 Å². The minimum atomic E-state index is -0.546. The van der Waals surface area contributed by atoms with Gasteiger partial charge in [0.1, 0.15) is 11.5 Å². The van der Waals surface area contributed by atoms with Gasteiger partial charge in [-0.05, 0) is 42.2 Å². The van der Waals surface area contributed by atoms with Gasteiger partial charge >= 0.3 is 6.01 Å². The fourth-order valence-electron chi connectivity index (χ4n) is 3.25. The summed E-state index contributed by atoms with van der Waals surface area (Å²) in [6, 6.07) is 6.61. The Balaban J connectivity index is 1.88. The van der Waals surface area contributed by atoms with Crippen molar-refractivity contribution >= 4 is 11.6 Å². The molecule has 7 heteroatoms. The molecule has 0 spiro atoms. The molecule has 1 unspecified atom stereocenters. The largest absolute Gasteiger partial charge is 0.467 e. The van der Waals surface area contributed by atoms with Crippen LogP contribution in [0.2, 0.25) is 0 Å². The lowest BCUT2D eigenvalue weighted by atomic mass is 9.82. The van der Waals surface area contributed by atoms with Crippen molar-refractivity contribution in [1.82, 2.24) is 9.97 Å². The van der Waals surface area contributed by atoms with Crippen LogP contribution >= 0.6 is 0 Å². The molecule has 0 saturated carbocycles. The van der Waals surface area contributed by atoms with Crippen LogP contribution in [0.4, 0.5) is 4.39 Å². The molecule has 0 radical (unpaired) electrons. The number of halogens is 1. The van der Waals surface area contributed by atoms with Crippen LogP contribution in [0, 0.1) is 5.82 Å². The van der Waals surface area contributed by atoms with E-state index in [0.29, 0.717) is 30.3 Å². The van der Waals surface area contributed by atoms with E-state index < -0.39 is 5.91 Å². The zero-order chi connectivity index (χ0) is 21.5. The number of carbonyl (C=O) groups is 1. The average Bonchev–Trinajstić information content (AvgIpc) is 2.77. The van der Waals surface area contributed by atoms with Gasteiger partial charge in [-0.1, -0.05) is 36.4 Å². The van der Waals surface area contributed by atoms with Gasteiger partial charge in [-0.3, -0.25) is 4.79 Å². The Hall–Kier alpha value is -3.61. The SMILES string of the molecule is C/C=C1/N=C(C(N)=O)CC(c2ccc(F)cc2)/C1=C/C=C/Cc1cnc(OC)nc1. The smallest absolute Gasteiger partial charge is 0.316 e. The lowest BCUT2D eigenvalue weighted by Gasteiger charge is -2.26. The number of benzene rings is 1. The maximum atomic E-state index is 13.4. The van der Waals surface area contributed by atoms with Gasteiger partial charge in [0.05, 0.1) is 12.8 Å². The van der Waals surface area contributed by atoms with Crippen LogP contribution in [-0.4, -0.2) is 28.7 Å². The van der Waals surface area contributed by atoms with Gasteiger partial charge < -0.3 is 10.5 Å². The number of primary amides is 1. The van der Waals surface area contributed by atoms with Crippen molar-refractivity contribution < 1.29 is 13.9 Å². The molecule has 0 saturated heterocycles. The number of hydrogen-bond donors (Lipinski definition) is 1. The normalized spacial score (nSPS) is 19.3. The van der Waals surface area contributed by atoms with E-state index in [4.69, 9.17) is 10.5 Å². The van der Waals surface area contributed by atoms with Crippen molar-refractivity contribution in [2.24, 2.45) is 10.7 Å². The molecule has 30 heavy (non-hydrogen) atoms. The number of ether oxygens (including phenoxy) is 1. The number of aliphatic imine (C=N–C) groups is 1. The van der Waals surface area contributed by atoms with E-state index in [1.54, 1.807) is 24.5 Å². The highest BCUT2D eigenvalue weighted by Gasteiger charge is 2.28. The van der Waals surface area contributed by atoms with Crippen molar-refractivity contribution in [3.63, 3.8) is 0 Å². The molecule has 1 atom stereocenters. The number of aromatic nitrogens is 2. The molecule has 1 aromatic carbocycles. The predicted molar refractivity (Wildman–Crippen MR) is 114 cm³/mol. The van der Waals surface area contributed by atoms with Crippen molar-refractivity contribution in [2.45, 2.75) is 25.7 Å². The van der Waals surface area contributed by atoms with Gasteiger partial charge in [0.25, 0.3) is 5.91 Å². The van der Waals surface area contributed by atoms with Crippen LogP contribution in [0.5, 0.6) is 6.01 Å². The number of amides is 1. The summed E-state index contributed by atoms with van der Waals surface area (Å²) in [5.41, 5.74) is 9.27. The summed E-state index contributed by atoms with van der Waals surface area (Å²) in [6.45, 7) is 1.86. The lowest BCUT2D eigenvalue weighted by Crippen LogP contribution is -2.29. The fourth-order valence-corrected chi connectivity index (χ4v) is 3.25. The van der Waals surface area contributed by atoms with Crippen LogP contribution in [0.25, 0.3) is 0 Å². The molecule has 6 nitrogen and oxygen atoms in total. The predicted octanol–water partition coefficient (Wildman–Crippen LogP) is 3.67. The molecule has 1 aromatic heterocycles. The number of allylic oxidation sites excluding steroid dienone is 5. The second-order valence-corrected chi connectivity index (χ2v) is 6.74. The third-order valence-electron chi connectivity index (χ3n) is 4.78. The van der Waals surface area contributed by atoms with Crippen molar-refractivity contribution in [2.75, 3.05) is 7.11 Å². The van der Waals surface area contributed by atoms with Gasteiger partial charge in [-0.2, -0.15) is 0 Å². The third kappa shape index (κ3) is 5.05. The van der Waals surface area contributed by atoms with Crippen LogP contribution in [0.1, 0.15) is 30.4 Å². The van der Waals surface area contributed by atoms with Crippen LogP contribution < -0.4 is 10.5 Å². The Morgan fingerprint density at radius 1 is 1.27 bits per heavy atom. The minimum Gasteiger partial charge on any atom is -0.467 e. The standard InChI is InChI=1S/C23H23FN4O2/c1-3-20-18(7-5-4-6-15-13-26-23(30-2)27-14-15)19(12-21(28-20)22(25)29)16-8-10-17(24)11-9-16/h3-5,7-11,13-14,19H,6,12H2,1-2H3,(H2,25,29)/b5-4+,18-7-,20-3+. The average molecular weight is 406 g/mol. The van der Waals surface area contributed by atoms with Crippen molar-refractivity contribution in [1.29, 1.82) is 0 Å². The monoisotopic (exact) mass is 406 g/mol. The molecule has 154 valence electrons. The Kier molecular flexibility index (Phi) is 6.85. The summed E-state index contributed by atoms with van der Waals surface area (Å²) in [4.78, 5) is 24.4. The summed E-state index contributed by atoms with van der Waals surface area (Å²) < 4.78 is 18.4. The number of methoxy groups -OCH3 is 1. The second kappa shape index (κ2) is 9.73. The van der Waals surface area contributed by atoms with Crippen LogP contribution in [-0.2, 0) is 11.2 Å². The summed E-state index contributed by atoms with van der Waals surface area (Å²) in [5.74, 6) is -1.00. The first-order chi connectivity index (χ1) is 14.5. The van der Waals surface area contributed by atoms with E-state index in [-0.39, 0.29) is 11.7 Å². The molecule has 0 aliphatic carbocycles. The Bertz CT molecular complexity index is 1020. The lowest BCUT2D eigenvalue weighted by molar-refractivity contribution is -0.112. The van der Waals surface area contributed by atoms with Gasteiger partial charge in [-0.25, -0.2) is 19.4 Å². The topological polar surface area (TPSA) is 90.5 Å². The Morgan fingerprint density at radius 2 is 1.97 bits per heavy atom. The van der Waals surface area contributed by atoms with Gasteiger partial charge in [0.2, 0.25) is 0 Å². The molecule has 2 N–H and O–H groups in total. The Labute approximate surface area is 174 Å². The highest BCUT2D eigenvalue weighted by Crippen LogP contribution is 2.37. The first-order valence-corrected chi connectivity index (χ1v) is 9.53. The molecule has 0 bridgehead atoms. The van der Waals surface area contributed by atoms with Gasteiger partial charge in [0, 0.05) is 24.7 Å². The zero-order valence-corrected chi connectivity index (χ0v) is 16.9. The van der Waals surface area contributed by atoms with Gasteiger partial charge in [0.15, 0.2) is 0 Å². The van der Waals surface area contributed by atoms with Crippen LogP contribution in [0.15, 0.2) is 77.2 Å². The number of rotatable bonds is 6. The minimum absolute atomic E-state index is 0.147. The van der Waals surface area contributed by atoms with E-state index in [1.165, 1.54) is 19.2 Å². The molecule has 3 rings (SSSR count). The van der Waals surface area contributed by atoms with E-state index in [0.717, 1.165) is 16.7 Å². The second-order valence-electron chi connectivity index (χ2n) is 6.74. The summed E-state index contributed by atoms with van der Waals surface area (Å²) in [7, 11) is 1.52. The summed E-state index contributed by atoms with van der Waals surface area (Å²) in [6.07, 6.45) is 12.2. The number of nitrogens with two attached hydrogens (primary N) is 1. The molecule has 0 fully saturated rings. The van der Waals surface area contributed by atoms with Crippen LogP contribution in [0.3, 0.4) is 0 Å². The molecule has 1 aliphatic heterocycles. The quantitative estimate of drug-likeness (QED) is 0.793. The van der Waals surface area contributed by atoms with E-state index >= 15 is 0 Å². The highest BCUT2D eigenvalue weighted by atomic mass is 19.1. The molecular weight excluding hydrogens is 383 g/mol. The number of carbonyl (C=O) groups excluding carboxylic acids is 1. The molecular formula is C23H23FN4O2. The molecule has 1 aliphatic rings. The molecule has 2 heterocycles. The number of hydrogen-bond acceptors (Lipinski definition) is 5.